The molecule has 2 aromatic carbocycles. The number of carbonyl (C=O) groups excluding carboxylic acids is 1. The van der Waals surface area contributed by atoms with Crippen molar-refractivity contribution in [3.05, 3.63) is 71.9 Å². The Morgan fingerprint density at radius 1 is 1.15 bits per heavy atom. The zero-order valence-corrected chi connectivity index (χ0v) is 14.9. The number of aliphatic hydroxyl groups is 2. The number of likely N-dealkylation sites (tertiary alicyclic amines) is 1. The fourth-order valence-corrected chi connectivity index (χ4v) is 5.08. The largest absolute Gasteiger partial charge is 0.396 e. The molecule has 1 aliphatic carbocycles. The van der Waals surface area contributed by atoms with E-state index in [-0.39, 0.29) is 24.3 Å². The highest BCUT2D eigenvalue weighted by molar-refractivity contribution is 5.98. The summed E-state index contributed by atoms with van der Waals surface area (Å²) in [5, 5.41) is 21.7. The first-order valence-corrected chi connectivity index (χ1v) is 9.36. The molecule has 1 saturated heterocycles. The van der Waals surface area contributed by atoms with Crippen molar-refractivity contribution in [1.82, 2.24) is 9.88 Å². The lowest BCUT2D eigenvalue weighted by Crippen LogP contribution is -2.30. The molecule has 1 aromatic heterocycles. The molecule has 5 nitrogen and oxygen atoms in total. The van der Waals surface area contributed by atoms with Gasteiger partial charge in [-0.3, -0.25) is 4.79 Å². The third-order valence-corrected chi connectivity index (χ3v) is 6.44. The van der Waals surface area contributed by atoms with Crippen LogP contribution in [0.25, 0.3) is 10.9 Å². The van der Waals surface area contributed by atoms with Crippen LogP contribution in [0.4, 0.5) is 0 Å². The normalized spacial score (nSPS) is 29.6. The van der Waals surface area contributed by atoms with E-state index in [0.717, 1.165) is 16.5 Å². The van der Waals surface area contributed by atoms with Crippen LogP contribution >= 0.6 is 0 Å². The Kier molecular flexibility index (Phi) is 3.64. The maximum Gasteiger partial charge on any atom is 0.270 e. The van der Waals surface area contributed by atoms with Crippen LogP contribution in [0.1, 0.15) is 22.0 Å². The SMILES string of the molecule is O=C(c1cc2ccccc2[nH]1)N1C[C@H](O)[C@@]2(C1)[C@H](CO)[C@H]2c1ccccc1. The van der Waals surface area contributed by atoms with Crippen molar-refractivity contribution in [3.8, 4) is 0 Å². The van der Waals surface area contributed by atoms with Gasteiger partial charge in [0.2, 0.25) is 0 Å². The number of carbonyl (C=O) groups is 1. The lowest BCUT2D eigenvalue weighted by molar-refractivity contribution is 0.0759. The summed E-state index contributed by atoms with van der Waals surface area (Å²) < 4.78 is 0. The highest BCUT2D eigenvalue weighted by atomic mass is 16.3. The molecule has 1 aliphatic heterocycles. The van der Waals surface area contributed by atoms with Crippen molar-refractivity contribution in [1.29, 1.82) is 0 Å². The fourth-order valence-electron chi connectivity index (χ4n) is 5.08. The van der Waals surface area contributed by atoms with E-state index in [1.807, 2.05) is 60.7 Å². The number of H-pyrrole nitrogens is 1. The maximum atomic E-state index is 13.0. The Morgan fingerprint density at radius 3 is 2.63 bits per heavy atom. The van der Waals surface area contributed by atoms with Gasteiger partial charge in [0.05, 0.1) is 6.10 Å². The monoisotopic (exact) mass is 362 g/mol. The van der Waals surface area contributed by atoms with Crippen LogP contribution in [0.5, 0.6) is 0 Å². The quantitative estimate of drug-likeness (QED) is 0.670. The molecule has 2 fully saturated rings. The van der Waals surface area contributed by atoms with Crippen LogP contribution < -0.4 is 0 Å². The number of benzene rings is 2. The number of hydrogen-bond donors (Lipinski definition) is 3. The van der Waals surface area contributed by atoms with Crippen LogP contribution in [-0.2, 0) is 0 Å². The Bertz CT molecular complexity index is 966. The fraction of sp³-hybridized carbons (Fsp3) is 0.318. The summed E-state index contributed by atoms with van der Waals surface area (Å²) in [5.74, 6) is -0.0350. The van der Waals surface area contributed by atoms with Gasteiger partial charge < -0.3 is 20.1 Å². The Hall–Kier alpha value is -2.63. The molecule has 5 rings (SSSR count). The second kappa shape index (κ2) is 5.94. The minimum Gasteiger partial charge on any atom is -0.396 e. The number of nitrogens with zero attached hydrogens (tertiary/aromatic N) is 1. The predicted molar refractivity (Wildman–Crippen MR) is 102 cm³/mol. The first kappa shape index (κ1) is 16.5. The molecule has 3 aromatic rings. The van der Waals surface area contributed by atoms with Gasteiger partial charge in [0.15, 0.2) is 0 Å². The predicted octanol–water partition coefficient (Wildman–Crippen LogP) is 2.38. The van der Waals surface area contributed by atoms with Gasteiger partial charge in [-0.25, -0.2) is 0 Å². The third kappa shape index (κ3) is 2.35. The summed E-state index contributed by atoms with van der Waals surface area (Å²) in [6.07, 6.45) is -0.631. The van der Waals surface area contributed by atoms with E-state index in [1.54, 1.807) is 4.90 Å². The molecule has 2 aliphatic rings. The summed E-state index contributed by atoms with van der Waals surface area (Å²) in [5.41, 5.74) is 2.14. The van der Waals surface area contributed by atoms with Crippen molar-refractivity contribution in [2.45, 2.75) is 12.0 Å². The molecule has 1 saturated carbocycles. The number of amides is 1. The van der Waals surface area contributed by atoms with Gasteiger partial charge in [-0.1, -0.05) is 48.5 Å². The number of nitrogens with one attached hydrogen (secondary N) is 1. The molecule has 4 atom stereocenters. The summed E-state index contributed by atoms with van der Waals surface area (Å²) in [6.45, 7) is 0.784. The summed E-state index contributed by atoms with van der Waals surface area (Å²) >= 11 is 0. The summed E-state index contributed by atoms with van der Waals surface area (Å²) in [6, 6.07) is 19.6. The zero-order chi connectivity index (χ0) is 18.6. The highest BCUT2D eigenvalue weighted by Gasteiger charge is 2.71. The molecule has 0 radical (unpaired) electrons. The summed E-state index contributed by atoms with van der Waals surface area (Å²) in [7, 11) is 0. The number of aromatic nitrogens is 1. The van der Waals surface area contributed by atoms with Gasteiger partial charge in [-0.15, -0.1) is 0 Å². The van der Waals surface area contributed by atoms with E-state index < -0.39 is 11.5 Å². The van der Waals surface area contributed by atoms with Crippen molar-refractivity contribution in [3.63, 3.8) is 0 Å². The number of aromatic amines is 1. The molecule has 3 N–H and O–H groups in total. The van der Waals surface area contributed by atoms with Gasteiger partial charge in [0.25, 0.3) is 5.91 Å². The second-order valence-electron chi connectivity index (χ2n) is 7.76. The van der Waals surface area contributed by atoms with E-state index in [0.29, 0.717) is 18.8 Å². The average molecular weight is 362 g/mol. The Balaban J connectivity index is 1.43. The lowest BCUT2D eigenvalue weighted by atomic mass is 9.95. The van der Waals surface area contributed by atoms with Gasteiger partial charge in [-0.2, -0.15) is 0 Å². The topological polar surface area (TPSA) is 76.6 Å². The van der Waals surface area contributed by atoms with Gasteiger partial charge in [-0.05, 0) is 29.5 Å². The lowest BCUT2D eigenvalue weighted by Gasteiger charge is -2.16. The van der Waals surface area contributed by atoms with Crippen molar-refractivity contribution >= 4 is 16.8 Å². The van der Waals surface area contributed by atoms with Crippen molar-refractivity contribution < 1.29 is 15.0 Å². The van der Waals surface area contributed by atoms with Crippen LogP contribution in [0.3, 0.4) is 0 Å². The zero-order valence-electron chi connectivity index (χ0n) is 14.9. The Labute approximate surface area is 157 Å². The molecule has 0 bridgehead atoms. The van der Waals surface area contributed by atoms with Crippen LogP contribution in [0.15, 0.2) is 60.7 Å². The van der Waals surface area contributed by atoms with Gasteiger partial charge in [0.1, 0.15) is 5.69 Å². The molecular formula is C22H22N2O3. The van der Waals surface area contributed by atoms with E-state index in [2.05, 4.69) is 4.98 Å². The molecule has 27 heavy (non-hydrogen) atoms. The smallest absolute Gasteiger partial charge is 0.270 e. The standard InChI is InChI=1S/C22H22N2O3/c25-12-16-20(14-6-2-1-3-7-14)22(16)13-24(11-19(22)26)21(27)18-10-15-8-4-5-9-17(15)23-18/h1-10,16,19-20,23,25-26H,11-13H2/t16-,19+,20-,22-/m1/s1. The third-order valence-electron chi connectivity index (χ3n) is 6.44. The maximum absolute atomic E-state index is 13.0. The molecule has 138 valence electrons. The number of β-amino-alcohol motifs (C(OH)–C–C–N with tert-alkyl or cyclic N) is 1. The van der Waals surface area contributed by atoms with E-state index in [1.165, 1.54) is 0 Å². The van der Waals surface area contributed by atoms with Crippen LogP contribution in [-0.4, -0.2) is 51.8 Å². The first-order valence-electron chi connectivity index (χ1n) is 9.36. The van der Waals surface area contributed by atoms with E-state index in [4.69, 9.17) is 0 Å². The van der Waals surface area contributed by atoms with Gasteiger partial charge in [0, 0.05) is 36.0 Å². The molecule has 2 heterocycles. The van der Waals surface area contributed by atoms with E-state index >= 15 is 0 Å². The molecule has 0 unspecified atom stereocenters. The Morgan fingerprint density at radius 2 is 1.89 bits per heavy atom. The molecule has 5 heteroatoms. The minimum absolute atomic E-state index is 0.0181. The van der Waals surface area contributed by atoms with Crippen molar-refractivity contribution in [2.24, 2.45) is 11.3 Å². The molecule has 1 amide bonds. The average Bonchev–Trinajstić information content (AvgIpc) is 2.97. The number of rotatable bonds is 3. The number of fused-ring (bicyclic) bond motifs is 1. The number of hydrogen-bond acceptors (Lipinski definition) is 3. The highest BCUT2D eigenvalue weighted by Crippen LogP contribution is 2.68. The van der Waals surface area contributed by atoms with Crippen LogP contribution in [0, 0.1) is 11.3 Å². The minimum atomic E-state index is -0.631. The van der Waals surface area contributed by atoms with E-state index in [9.17, 15) is 15.0 Å². The van der Waals surface area contributed by atoms with Crippen LogP contribution in [0.2, 0.25) is 0 Å². The van der Waals surface area contributed by atoms with Crippen molar-refractivity contribution in [2.75, 3.05) is 19.7 Å². The summed E-state index contributed by atoms with van der Waals surface area (Å²) in [4.78, 5) is 17.9. The first-order chi connectivity index (χ1) is 13.1. The number of para-hydroxylation sites is 1. The van der Waals surface area contributed by atoms with Gasteiger partial charge >= 0.3 is 0 Å². The second-order valence-corrected chi connectivity index (χ2v) is 7.76. The molecule has 1 spiro atoms. The number of aliphatic hydroxyl groups excluding tert-OH is 2. The molecular weight excluding hydrogens is 340 g/mol.